The maximum atomic E-state index is 5.66. The fourth-order valence-corrected chi connectivity index (χ4v) is 1.75. The van der Waals surface area contributed by atoms with E-state index in [0.29, 0.717) is 6.04 Å². The van der Waals surface area contributed by atoms with Crippen molar-refractivity contribution in [2.75, 3.05) is 6.61 Å². The molecule has 0 aliphatic carbocycles. The minimum atomic E-state index is 0.404. The first-order valence-corrected chi connectivity index (χ1v) is 6.91. The number of ether oxygens (including phenoxy) is 1. The van der Waals surface area contributed by atoms with Gasteiger partial charge in [-0.05, 0) is 20.3 Å². The summed E-state index contributed by atoms with van der Waals surface area (Å²) in [5.74, 6) is 0.896. The fourth-order valence-electron chi connectivity index (χ4n) is 1.75. The third-order valence-corrected chi connectivity index (χ3v) is 2.87. The molecule has 0 radical (unpaired) electrons. The van der Waals surface area contributed by atoms with E-state index in [4.69, 9.17) is 4.74 Å². The molecule has 0 aliphatic heterocycles. The van der Waals surface area contributed by atoms with E-state index >= 15 is 0 Å². The van der Waals surface area contributed by atoms with Crippen LogP contribution < -0.4 is 4.74 Å². The van der Waals surface area contributed by atoms with E-state index in [1.807, 2.05) is 10.9 Å². The summed E-state index contributed by atoms with van der Waals surface area (Å²) >= 11 is 0. The van der Waals surface area contributed by atoms with Gasteiger partial charge >= 0.3 is 0 Å². The maximum absolute atomic E-state index is 5.66. The summed E-state index contributed by atoms with van der Waals surface area (Å²) in [5.41, 5.74) is 0. The zero-order valence-corrected chi connectivity index (χ0v) is 11.5. The molecule has 0 aliphatic rings. The molecule has 0 saturated carbocycles. The quantitative estimate of drug-likeness (QED) is 0.603. The van der Waals surface area contributed by atoms with Crippen LogP contribution >= 0.6 is 0 Å². The summed E-state index contributed by atoms with van der Waals surface area (Å²) in [4.78, 5) is 0. The smallest absolute Gasteiger partial charge is 0.157 e. The molecule has 0 unspecified atom stereocenters. The van der Waals surface area contributed by atoms with Crippen LogP contribution in [-0.2, 0) is 0 Å². The van der Waals surface area contributed by atoms with Crippen molar-refractivity contribution in [3.63, 3.8) is 0 Å². The normalized spacial score (nSPS) is 11.1. The van der Waals surface area contributed by atoms with Gasteiger partial charge in [-0.15, -0.1) is 0 Å². The van der Waals surface area contributed by atoms with E-state index in [9.17, 15) is 0 Å². The van der Waals surface area contributed by atoms with Crippen LogP contribution in [0.5, 0.6) is 5.75 Å². The molecular formula is C14H26N2O. The lowest BCUT2D eigenvalue weighted by atomic mass is 10.1. The van der Waals surface area contributed by atoms with E-state index in [2.05, 4.69) is 25.9 Å². The minimum Gasteiger partial charge on any atom is -0.490 e. The molecule has 1 rings (SSSR count). The van der Waals surface area contributed by atoms with Crippen LogP contribution in [0.1, 0.15) is 65.3 Å². The summed E-state index contributed by atoms with van der Waals surface area (Å²) in [6.45, 7) is 7.29. The van der Waals surface area contributed by atoms with Crippen molar-refractivity contribution in [2.24, 2.45) is 0 Å². The first-order chi connectivity index (χ1) is 8.24. The van der Waals surface area contributed by atoms with Gasteiger partial charge in [-0.25, -0.2) is 0 Å². The SMILES string of the molecule is CCCCCCCCOc1cnn(C(C)C)c1. The summed E-state index contributed by atoms with van der Waals surface area (Å²) in [7, 11) is 0. The predicted octanol–water partition coefficient (Wildman–Crippen LogP) is 4.20. The van der Waals surface area contributed by atoms with Crippen molar-refractivity contribution in [1.29, 1.82) is 0 Å². The first kappa shape index (κ1) is 14.1. The van der Waals surface area contributed by atoms with Crippen molar-refractivity contribution in [1.82, 2.24) is 9.78 Å². The Hall–Kier alpha value is -0.990. The Morgan fingerprint density at radius 1 is 1.18 bits per heavy atom. The van der Waals surface area contributed by atoms with Gasteiger partial charge in [-0.2, -0.15) is 5.10 Å². The second kappa shape index (κ2) is 8.15. The lowest BCUT2D eigenvalue weighted by Crippen LogP contribution is -2.00. The molecule has 1 aromatic heterocycles. The molecule has 0 N–H and O–H groups in total. The number of rotatable bonds is 9. The molecule has 17 heavy (non-hydrogen) atoms. The number of aromatic nitrogens is 2. The van der Waals surface area contributed by atoms with Crippen LogP contribution in [0.2, 0.25) is 0 Å². The van der Waals surface area contributed by atoms with Gasteiger partial charge in [0.25, 0.3) is 0 Å². The molecular weight excluding hydrogens is 212 g/mol. The highest BCUT2D eigenvalue weighted by Crippen LogP contribution is 2.13. The molecule has 3 heteroatoms. The Labute approximate surface area is 105 Å². The van der Waals surface area contributed by atoms with Crippen molar-refractivity contribution >= 4 is 0 Å². The Morgan fingerprint density at radius 3 is 2.53 bits per heavy atom. The zero-order chi connectivity index (χ0) is 12.5. The molecule has 1 heterocycles. The Morgan fingerprint density at radius 2 is 1.88 bits per heavy atom. The first-order valence-electron chi connectivity index (χ1n) is 6.91. The highest BCUT2D eigenvalue weighted by atomic mass is 16.5. The molecule has 0 bridgehead atoms. The van der Waals surface area contributed by atoms with Gasteiger partial charge in [0, 0.05) is 6.04 Å². The third kappa shape index (κ3) is 5.76. The number of nitrogens with zero attached hydrogens (tertiary/aromatic N) is 2. The van der Waals surface area contributed by atoms with E-state index in [1.54, 1.807) is 6.20 Å². The lowest BCUT2D eigenvalue weighted by Gasteiger charge is -2.04. The van der Waals surface area contributed by atoms with Gasteiger partial charge in [-0.3, -0.25) is 4.68 Å². The standard InChI is InChI=1S/C14H26N2O/c1-4-5-6-7-8-9-10-17-14-11-15-16(12-14)13(2)3/h11-13H,4-10H2,1-3H3. The molecule has 0 amide bonds. The molecule has 0 atom stereocenters. The van der Waals surface area contributed by atoms with Crippen molar-refractivity contribution in [3.05, 3.63) is 12.4 Å². The van der Waals surface area contributed by atoms with Crippen LogP contribution in [0.3, 0.4) is 0 Å². The third-order valence-electron chi connectivity index (χ3n) is 2.87. The largest absolute Gasteiger partial charge is 0.490 e. The molecule has 0 aromatic carbocycles. The maximum Gasteiger partial charge on any atom is 0.157 e. The monoisotopic (exact) mass is 238 g/mol. The van der Waals surface area contributed by atoms with Crippen LogP contribution in [0.25, 0.3) is 0 Å². The van der Waals surface area contributed by atoms with Gasteiger partial charge in [0.2, 0.25) is 0 Å². The van der Waals surface area contributed by atoms with Crippen molar-refractivity contribution in [3.8, 4) is 5.75 Å². The summed E-state index contributed by atoms with van der Waals surface area (Å²) in [6.07, 6.45) is 11.6. The molecule has 0 fully saturated rings. The molecule has 0 spiro atoms. The van der Waals surface area contributed by atoms with Crippen molar-refractivity contribution in [2.45, 2.75) is 65.3 Å². The molecule has 1 aromatic rings. The highest BCUT2D eigenvalue weighted by molar-refractivity contribution is 5.11. The number of hydrogen-bond acceptors (Lipinski definition) is 2. The minimum absolute atomic E-state index is 0.404. The van der Waals surface area contributed by atoms with E-state index in [0.717, 1.165) is 18.8 Å². The van der Waals surface area contributed by atoms with Gasteiger partial charge < -0.3 is 4.74 Å². The zero-order valence-electron chi connectivity index (χ0n) is 11.5. The van der Waals surface area contributed by atoms with E-state index in [-0.39, 0.29) is 0 Å². The average molecular weight is 238 g/mol. The summed E-state index contributed by atoms with van der Waals surface area (Å²) in [6, 6.07) is 0.404. The number of unbranched alkanes of at least 4 members (excludes halogenated alkanes) is 5. The van der Waals surface area contributed by atoms with E-state index < -0.39 is 0 Å². The van der Waals surface area contributed by atoms with Gasteiger partial charge in [0.1, 0.15) is 0 Å². The predicted molar refractivity (Wildman–Crippen MR) is 71.5 cm³/mol. The number of hydrogen-bond donors (Lipinski definition) is 0. The Kier molecular flexibility index (Phi) is 6.75. The van der Waals surface area contributed by atoms with Crippen LogP contribution in [-0.4, -0.2) is 16.4 Å². The average Bonchev–Trinajstić information content (AvgIpc) is 2.77. The second-order valence-electron chi connectivity index (χ2n) is 4.87. The van der Waals surface area contributed by atoms with Gasteiger partial charge in [0.15, 0.2) is 5.75 Å². The van der Waals surface area contributed by atoms with Crippen LogP contribution in [0.4, 0.5) is 0 Å². The Balaban J connectivity index is 2.05. The highest BCUT2D eigenvalue weighted by Gasteiger charge is 2.01. The van der Waals surface area contributed by atoms with Gasteiger partial charge in [0.05, 0.1) is 19.0 Å². The van der Waals surface area contributed by atoms with Gasteiger partial charge in [-0.1, -0.05) is 39.0 Å². The Bertz CT molecular complexity index is 294. The fraction of sp³-hybridized carbons (Fsp3) is 0.786. The summed E-state index contributed by atoms with van der Waals surface area (Å²) in [5, 5.41) is 4.25. The topological polar surface area (TPSA) is 27.1 Å². The van der Waals surface area contributed by atoms with E-state index in [1.165, 1.54) is 32.1 Å². The molecule has 98 valence electrons. The lowest BCUT2D eigenvalue weighted by molar-refractivity contribution is 0.303. The second-order valence-corrected chi connectivity index (χ2v) is 4.87. The van der Waals surface area contributed by atoms with Crippen LogP contribution in [0, 0.1) is 0 Å². The van der Waals surface area contributed by atoms with Crippen molar-refractivity contribution < 1.29 is 4.74 Å². The molecule has 0 saturated heterocycles. The molecule has 3 nitrogen and oxygen atoms in total. The van der Waals surface area contributed by atoms with Crippen LogP contribution in [0.15, 0.2) is 12.4 Å². The summed E-state index contributed by atoms with van der Waals surface area (Å²) < 4.78 is 7.59.